The zero-order chi connectivity index (χ0) is 21.7. The number of aryl methyl sites for hydroxylation is 1. The quantitative estimate of drug-likeness (QED) is 0.549. The highest BCUT2D eigenvalue weighted by Gasteiger charge is 2.19. The van der Waals surface area contributed by atoms with Gasteiger partial charge in [-0.2, -0.15) is 4.98 Å². The van der Waals surface area contributed by atoms with Gasteiger partial charge in [-0.15, -0.1) is 0 Å². The van der Waals surface area contributed by atoms with Crippen molar-refractivity contribution in [1.82, 2.24) is 10.1 Å². The number of carbonyl (C=O) groups excluding carboxylic acids is 1. The molecule has 0 bridgehead atoms. The van der Waals surface area contributed by atoms with E-state index in [0.29, 0.717) is 16.6 Å². The van der Waals surface area contributed by atoms with Gasteiger partial charge in [-0.05, 0) is 47.9 Å². The first-order valence-electron chi connectivity index (χ1n) is 9.42. The summed E-state index contributed by atoms with van der Waals surface area (Å²) in [4.78, 5) is 16.4. The van der Waals surface area contributed by atoms with E-state index in [0.717, 1.165) is 0 Å². The summed E-state index contributed by atoms with van der Waals surface area (Å²) in [6, 6.07) is 13.5. The smallest absolute Gasteiger partial charge is 0.227 e. The van der Waals surface area contributed by atoms with Crippen LogP contribution < -0.4 is 5.32 Å². The van der Waals surface area contributed by atoms with Crippen LogP contribution in [0.5, 0.6) is 0 Å². The van der Waals surface area contributed by atoms with Crippen LogP contribution in [0.3, 0.4) is 0 Å². The number of halogens is 1. The maximum absolute atomic E-state index is 12.4. The van der Waals surface area contributed by atoms with E-state index >= 15 is 0 Å². The summed E-state index contributed by atoms with van der Waals surface area (Å²) in [6.45, 7) is 4.21. The molecule has 0 fully saturated rings. The van der Waals surface area contributed by atoms with Gasteiger partial charge in [0, 0.05) is 23.6 Å². The Bertz CT molecular complexity index is 1110. The molecule has 0 aliphatic carbocycles. The van der Waals surface area contributed by atoms with Crippen molar-refractivity contribution in [3.05, 3.63) is 70.8 Å². The Morgan fingerprint density at radius 2 is 1.77 bits per heavy atom. The lowest BCUT2D eigenvalue weighted by Gasteiger charge is -2.08. The van der Waals surface area contributed by atoms with E-state index in [4.69, 9.17) is 16.1 Å². The Hall–Kier alpha value is -2.71. The van der Waals surface area contributed by atoms with E-state index in [1.54, 1.807) is 0 Å². The van der Waals surface area contributed by atoms with E-state index in [1.165, 1.54) is 29.8 Å². The van der Waals surface area contributed by atoms with Gasteiger partial charge in [0.25, 0.3) is 0 Å². The second-order valence-corrected chi connectivity index (χ2v) is 9.57. The molecule has 1 amide bonds. The molecule has 1 aromatic heterocycles. The molecular weight excluding hydrogens is 426 g/mol. The largest absolute Gasteiger partial charge is 0.339 e. The highest BCUT2D eigenvalue weighted by molar-refractivity contribution is 7.90. The number of hydrogen-bond donors (Lipinski definition) is 1. The van der Waals surface area contributed by atoms with Crippen molar-refractivity contribution in [3.63, 3.8) is 0 Å². The van der Waals surface area contributed by atoms with Crippen LogP contribution in [0.1, 0.15) is 43.5 Å². The number of sulfone groups is 1. The molecule has 30 heavy (non-hydrogen) atoms. The fraction of sp³-hybridized carbons (Fsp3) is 0.286. The molecule has 1 N–H and O–H groups in total. The fourth-order valence-electron chi connectivity index (χ4n) is 2.74. The number of amides is 1. The average Bonchev–Trinajstić information content (AvgIpc) is 3.14. The first-order chi connectivity index (χ1) is 14.2. The zero-order valence-corrected chi connectivity index (χ0v) is 18.2. The number of hydrogen-bond acceptors (Lipinski definition) is 6. The summed E-state index contributed by atoms with van der Waals surface area (Å²) in [7, 11) is -3.62. The lowest BCUT2D eigenvalue weighted by atomic mass is 10.0. The van der Waals surface area contributed by atoms with Crippen molar-refractivity contribution in [2.75, 3.05) is 5.32 Å². The fourth-order valence-corrected chi connectivity index (χ4v) is 4.04. The van der Waals surface area contributed by atoms with Crippen LogP contribution in [0.2, 0.25) is 5.02 Å². The predicted octanol–water partition coefficient (Wildman–Crippen LogP) is 4.39. The zero-order valence-electron chi connectivity index (χ0n) is 16.6. The van der Waals surface area contributed by atoms with Gasteiger partial charge in [-0.25, -0.2) is 8.42 Å². The number of benzene rings is 2. The number of rotatable bonds is 8. The van der Waals surface area contributed by atoms with Crippen molar-refractivity contribution in [1.29, 1.82) is 0 Å². The highest BCUT2D eigenvalue weighted by atomic mass is 35.5. The molecule has 0 aliphatic heterocycles. The van der Waals surface area contributed by atoms with Gasteiger partial charge in [0.05, 0.1) is 4.90 Å². The third-order valence-corrected chi connectivity index (χ3v) is 6.31. The van der Waals surface area contributed by atoms with E-state index < -0.39 is 15.6 Å². The van der Waals surface area contributed by atoms with Crippen LogP contribution in [0.25, 0.3) is 0 Å². The summed E-state index contributed by atoms with van der Waals surface area (Å²) in [6.07, 6.45) is 0.349. The topological polar surface area (TPSA) is 102 Å². The summed E-state index contributed by atoms with van der Waals surface area (Å²) >= 11 is 5.79. The standard InChI is InChI=1S/C21H22ClN3O4S/c1-14(2)15-3-7-17(8-4-15)23-20(26)11-12-21-24-19(25-29-21)13-30(27,28)18-9-5-16(22)6-10-18/h3-10,14H,11-13H2,1-2H3,(H,23,26). The first kappa shape index (κ1) is 22.0. The molecule has 0 radical (unpaired) electrons. The lowest BCUT2D eigenvalue weighted by Crippen LogP contribution is -2.12. The number of anilines is 1. The molecule has 9 heteroatoms. The van der Waals surface area contributed by atoms with Crippen molar-refractivity contribution in [3.8, 4) is 0 Å². The van der Waals surface area contributed by atoms with Crippen LogP contribution in [0.15, 0.2) is 57.9 Å². The van der Waals surface area contributed by atoms with Gasteiger partial charge in [0.1, 0.15) is 5.75 Å². The van der Waals surface area contributed by atoms with Crippen molar-refractivity contribution < 1.29 is 17.7 Å². The van der Waals surface area contributed by atoms with Gasteiger partial charge in [-0.3, -0.25) is 4.79 Å². The van der Waals surface area contributed by atoms with Crippen LogP contribution in [-0.4, -0.2) is 24.5 Å². The van der Waals surface area contributed by atoms with E-state index in [1.807, 2.05) is 24.3 Å². The molecular formula is C21H22ClN3O4S. The minimum absolute atomic E-state index is 0.0460. The molecule has 0 atom stereocenters. The number of nitrogens with one attached hydrogen (secondary N) is 1. The van der Waals surface area contributed by atoms with E-state index in [2.05, 4.69) is 29.3 Å². The molecule has 0 saturated carbocycles. The van der Waals surface area contributed by atoms with Gasteiger partial charge < -0.3 is 9.84 Å². The maximum Gasteiger partial charge on any atom is 0.227 e. The first-order valence-corrected chi connectivity index (χ1v) is 11.5. The number of carbonyl (C=O) groups is 1. The molecule has 0 unspecified atom stereocenters. The molecule has 2 aromatic carbocycles. The Labute approximate surface area is 180 Å². The Morgan fingerprint density at radius 1 is 1.10 bits per heavy atom. The maximum atomic E-state index is 12.4. The minimum atomic E-state index is -3.62. The molecule has 3 aromatic rings. The molecule has 0 spiro atoms. The highest BCUT2D eigenvalue weighted by Crippen LogP contribution is 2.19. The normalized spacial score (nSPS) is 11.6. The molecule has 0 saturated heterocycles. The second-order valence-electron chi connectivity index (χ2n) is 7.14. The average molecular weight is 448 g/mol. The van der Waals surface area contributed by atoms with Crippen molar-refractivity contribution in [2.45, 2.75) is 43.3 Å². The number of aromatic nitrogens is 2. The second kappa shape index (κ2) is 9.40. The summed E-state index contributed by atoms with van der Waals surface area (Å²) in [5.74, 6) is 0.0871. The number of nitrogens with zero attached hydrogens (tertiary/aromatic N) is 2. The lowest BCUT2D eigenvalue weighted by molar-refractivity contribution is -0.116. The Balaban J connectivity index is 1.53. The van der Waals surface area contributed by atoms with Gasteiger partial charge in [0.15, 0.2) is 15.7 Å². The monoisotopic (exact) mass is 447 g/mol. The van der Waals surface area contributed by atoms with Crippen LogP contribution in [-0.2, 0) is 26.8 Å². The summed E-state index contributed by atoms with van der Waals surface area (Å²) < 4.78 is 29.9. The van der Waals surface area contributed by atoms with Crippen LogP contribution >= 0.6 is 11.6 Å². The molecule has 7 nitrogen and oxygen atoms in total. The van der Waals surface area contributed by atoms with Gasteiger partial charge >= 0.3 is 0 Å². The molecule has 3 rings (SSSR count). The van der Waals surface area contributed by atoms with E-state index in [9.17, 15) is 13.2 Å². The molecule has 0 aliphatic rings. The van der Waals surface area contributed by atoms with E-state index in [-0.39, 0.29) is 35.4 Å². The minimum Gasteiger partial charge on any atom is -0.339 e. The van der Waals surface area contributed by atoms with Gasteiger partial charge in [-0.1, -0.05) is 42.7 Å². The van der Waals surface area contributed by atoms with Crippen LogP contribution in [0.4, 0.5) is 5.69 Å². The predicted molar refractivity (Wildman–Crippen MR) is 114 cm³/mol. The Morgan fingerprint density at radius 3 is 2.40 bits per heavy atom. The SMILES string of the molecule is CC(C)c1ccc(NC(=O)CCc2nc(CS(=O)(=O)c3ccc(Cl)cc3)no2)cc1. The third-order valence-electron chi connectivity index (χ3n) is 4.43. The summed E-state index contributed by atoms with van der Waals surface area (Å²) in [5.41, 5.74) is 1.91. The molecule has 1 heterocycles. The Kier molecular flexibility index (Phi) is 6.89. The third kappa shape index (κ3) is 5.90. The summed E-state index contributed by atoms with van der Waals surface area (Å²) in [5, 5.41) is 6.97. The van der Waals surface area contributed by atoms with Crippen LogP contribution in [0, 0.1) is 0 Å². The van der Waals surface area contributed by atoms with Crippen molar-refractivity contribution in [2.24, 2.45) is 0 Å². The molecule has 158 valence electrons. The van der Waals surface area contributed by atoms with Crippen molar-refractivity contribution >= 4 is 33.0 Å². The van der Waals surface area contributed by atoms with Gasteiger partial charge in [0.2, 0.25) is 11.8 Å².